The molecule has 0 aromatic heterocycles. The van der Waals surface area contributed by atoms with Gasteiger partial charge in [0.1, 0.15) is 5.60 Å². The molecule has 0 aromatic rings. The van der Waals surface area contributed by atoms with E-state index in [0.29, 0.717) is 0 Å². The SMILES string of the molecule is CCOC(=O)C1=[N+]([O-])O[C@@](CC)(CO)[C@H]1O. The Hall–Kier alpha value is -1.34. The highest BCUT2D eigenvalue weighted by molar-refractivity contribution is 6.36. The molecule has 0 radical (unpaired) electrons. The molecule has 0 saturated heterocycles. The van der Waals surface area contributed by atoms with Gasteiger partial charge in [0.15, 0.2) is 6.10 Å². The third kappa shape index (κ3) is 1.83. The predicted octanol–water partition coefficient (Wildman–Crippen LogP) is -1.05. The molecule has 92 valence electrons. The Balaban J connectivity index is 2.95. The summed E-state index contributed by atoms with van der Waals surface area (Å²) in [6.45, 7) is 2.73. The Labute approximate surface area is 92.4 Å². The van der Waals surface area contributed by atoms with Crippen molar-refractivity contribution in [1.29, 1.82) is 0 Å². The fourth-order valence-corrected chi connectivity index (χ4v) is 1.49. The second-order valence-electron chi connectivity index (χ2n) is 3.43. The third-order valence-corrected chi connectivity index (χ3v) is 2.57. The van der Waals surface area contributed by atoms with E-state index in [4.69, 9.17) is 9.94 Å². The number of esters is 1. The van der Waals surface area contributed by atoms with Gasteiger partial charge in [-0.3, -0.25) is 5.21 Å². The maximum Gasteiger partial charge on any atom is 0.408 e. The molecule has 0 aromatic carbocycles. The van der Waals surface area contributed by atoms with Gasteiger partial charge >= 0.3 is 11.7 Å². The fourth-order valence-electron chi connectivity index (χ4n) is 1.49. The summed E-state index contributed by atoms with van der Waals surface area (Å²) in [7, 11) is 0. The highest BCUT2D eigenvalue weighted by atomic mass is 16.9. The number of carbonyl (C=O) groups excluding carboxylic acids is 1. The molecule has 0 bridgehead atoms. The van der Waals surface area contributed by atoms with Crippen molar-refractivity contribution in [3.63, 3.8) is 0 Å². The molecule has 0 amide bonds. The molecule has 1 rings (SSSR count). The zero-order valence-corrected chi connectivity index (χ0v) is 9.17. The van der Waals surface area contributed by atoms with Crippen LogP contribution in [0.2, 0.25) is 0 Å². The average Bonchev–Trinajstić information content (AvgIpc) is 2.51. The van der Waals surface area contributed by atoms with Crippen molar-refractivity contribution in [2.75, 3.05) is 13.2 Å². The standard InChI is InChI=1S/C9H15NO6/c1-3-9(5-11)7(12)6(10(14)16-9)8(13)15-4-2/h7,11-12H,3-5H2,1-2H3/t7-,9-/m0/s1. The van der Waals surface area contributed by atoms with Crippen molar-refractivity contribution in [3.8, 4) is 0 Å². The molecule has 1 aliphatic rings. The van der Waals surface area contributed by atoms with Crippen LogP contribution in [0.25, 0.3) is 0 Å². The van der Waals surface area contributed by atoms with Gasteiger partial charge < -0.3 is 19.8 Å². The summed E-state index contributed by atoms with van der Waals surface area (Å²) in [5, 5.41) is 30.2. The van der Waals surface area contributed by atoms with E-state index in [-0.39, 0.29) is 17.9 Å². The van der Waals surface area contributed by atoms with Gasteiger partial charge in [-0.25, -0.2) is 4.79 Å². The molecule has 0 spiro atoms. The first-order valence-electron chi connectivity index (χ1n) is 5.01. The van der Waals surface area contributed by atoms with Gasteiger partial charge in [-0.2, -0.15) is 0 Å². The van der Waals surface area contributed by atoms with Crippen molar-refractivity contribution in [2.24, 2.45) is 0 Å². The minimum absolute atomic E-state index is 0.0810. The van der Waals surface area contributed by atoms with Crippen LogP contribution in [0.15, 0.2) is 0 Å². The van der Waals surface area contributed by atoms with E-state index < -0.39 is 30.0 Å². The lowest BCUT2D eigenvalue weighted by molar-refractivity contribution is -0.753. The lowest BCUT2D eigenvalue weighted by atomic mass is 9.92. The lowest BCUT2D eigenvalue weighted by Crippen LogP contribution is -2.48. The molecule has 0 unspecified atom stereocenters. The van der Waals surface area contributed by atoms with Gasteiger partial charge in [0.25, 0.3) is 0 Å². The van der Waals surface area contributed by atoms with Crippen molar-refractivity contribution >= 4 is 11.7 Å². The monoisotopic (exact) mass is 233 g/mol. The van der Waals surface area contributed by atoms with Crippen molar-refractivity contribution in [1.82, 2.24) is 0 Å². The molecule has 0 aliphatic carbocycles. The van der Waals surface area contributed by atoms with Crippen molar-refractivity contribution < 1.29 is 29.5 Å². The van der Waals surface area contributed by atoms with E-state index in [9.17, 15) is 15.1 Å². The fraction of sp³-hybridized carbons (Fsp3) is 0.778. The highest BCUT2D eigenvalue weighted by Crippen LogP contribution is 2.27. The number of nitrogens with zero attached hydrogens (tertiary/aromatic N) is 1. The Kier molecular flexibility index (Phi) is 3.71. The van der Waals surface area contributed by atoms with Gasteiger partial charge in [-0.05, 0) is 13.3 Å². The summed E-state index contributed by atoms with van der Waals surface area (Å²) < 4.78 is 4.61. The highest BCUT2D eigenvalue weighted by Gasteiger charge is 2.53. The van der Waals surface area contributed by atoms with Crippen LogP contribution in [0.5, 0.6) is 0 Å². The summed E-state index contributed by atoms with van der Waals surface area (Å²) in [5.74, 6) is -0.936. The first-order valence-corrected chi connectivity index (χ1v) is 5.01. The maximum absolute atomic E-state index is 11.4. The molecule has 2 N–H and O–H groups in total. The number of aliphatic hydroxyl groups excluding tert-OH is 2. The summed E-state index contributed by atoms with van der Waals surface area (Å²) in [5.41, 5.74) is -1.98. The van der Waals surface area contributed by atoms with Crippen molar-refractivity contribution in [3.05, 3.63) is 5.21 Å². The largest absolute Gasteiger partial charge is 0.458 e. The van der Waals surface area contributed by atoms with E-state index in [0.717, 1.165) is 0 Å². The van der Waals surface area contributed by atoms with Gasteiger partial charge in [-0.1, -0.05) is 6.92 Å². The second-order valence-corrected chi connectivity index (χ2v) is 3.43. The van der Waals surface area contributed by atoms with E-state index in [1.807, 2.05) is 0 Å². The van der Waals surface area contributed by atoms with Gasteiger partial charge in [0.05, 0.1) is 18.1 Å². The first kappa shape index (κ1) is 12.7. The van der Waals surface area contributed by atoms with E-state index >= 15 is 0 Å². The lowest BCUT2D eigenvalue weighted by Gasteiger charge is -2.28. The molecule has 0 saturated carbocycles. The van der Waals surface area contributed by atoms with Gasteiger partial charge in [0, 0.05) is 0 Å². The van der Waals surface area contributed by atoms with E-state index in [2.05, 4.69) is 4.74 Å². The predicted molar refractivity (Wildman–Crippen MR) is 52.5 cm³/mol. The van der Waals surface area contributed by atoms with Crippen LogP contribution in [0.3, 0.4) is 0 Å². The normalized spacial score (nSPS) is 29.1. The van der Waals surface area contributed by atoms with Crippen LogP contribution in [0.1, 0.15) is 20.3 Å². The van der Waals surface area contributed by atoms with Crippen LogP contribution in [0, 0.1) is 5.21 Å². The number of hydrogen-bond donors (Lipinski definition) is 2. The molecule has 1 aliphatic heterocycles. The Bertz CT molecular complexity index is 309. The Morgan fingerprint density at radius 2 is 2.31 bits per heavy atom. The van der Waals surface area contributed by atoms with Gasteiger partial charge in [0.2, 0.25) is 0 Å². The summed E-state index contributed by atoms with van der Waals surface area (Å²) >= 11 is 0. The quantitative estimate of drug-likeness (QED) is 0.474. The van der Waals surface area contributed by atoms with Crippen LogP contribution in [0.4, 0.5) is 0 Å². The molecular formula is C9H15NO6. The smallest absolute Gasteiger partial charge is 0.408 e. The number of ether oxygens (including phenoxy) is 1. The van der Waals surface area contributed by atoms with E-state index in [1.54, 1.807) is 13.8 Å². The first-order chi connectivity index (χ1) is 7.52. The zero-order chi connectivity index (χ0) is 12.3. The topological polar surface area (TPSA) is 102 Å². The number of hydrogen-bond acceptors (Lipinski definition) is 6. The number of carbonyl (C=O) groups is 1. The zero-order valence-electron chi connectivity index (χ0n) is 9.17. The van der Waals surface area contributed by atoms with Crippen molar-refractivity contribution in [2.45, 2.75) is 32.0 Å². The summed E-state index contributed by atoms with van der Waals surface area (Å²) in [4.78, 5) is 16.1. The molecule has 7 nitrogen and oxygen atoms in total. The van der Waals surface area contributed by atoms with Gasteiger partial charge in [-0.15, -0.1) is 0 Å². The average molecular weight is 233 g/mol. The molecule has 2 atom stereocenters. The molecule has 16 heavy (non-hydrogen) atoms. The minimum atomic E-state index is -1.49. The van der Waals surface area contributed by atoms with E-state index in [1.165, 1.54) is 0 Å². The minimum Gasteiger partial charge on any atom is -0.458 e. The summed E-state index contributed by atoms with van der Waals surface area (Å²) in [6.07, 6.45) is -1.30. The second kappa shape index (κ2) is 4.67. The van der Waals surface area contributed by atoms with Crippen LogP contribution >= 0.6 is 0 Å². The summed E-state index contributed by atoms with van der Waals surface area (Å²) in [6, 6.07) is 0. The molecule has 0 fully saturated rings. The maximum atomic E-state index is 11.4. The van der Waals surface area contributed by atoms with Crippen LogP contribution in [-0.4, -0.2) is 51.7 Å². The third-order valence-electron chi connectivity index (χ3n) is 2.57. The Morgan fingerprint density at radius 3 is 2.69 bits per heavy atom. The van der Waals surface area contributed by atoms with Crippen LogP contribution in [-0.2, 0) is 14.4 Å². The number of rotatable bonds is 4. The number of aliphatic hydroxyl groups is 2. The molecule has 1 heterocycles. The Morgan fingerprint density at radius 1 is 1.69 bits per heavy atom. The molecular weight excluding hydrogens is 218 g/mol. The van der Waals surface area contributed by atoms with Crippen LogP contribution < -0.4 is 0 Å². The molecule has 7 heteroatoms.